The molecule has 0 aliphatic carbocycles. The highest BCUT2D eigenvalue weighted by Crippen LogP contribution is 2.30. The minimum atomic E-state index is -4.28. The van der Waals surface area contributed by atoms with Crippen LogP contribution in [-0.4, -0.2) is 19.2 Å². The number of nitrogens with zero attached hydrogens (tertiary/aromatic N) is 2. The van der Waals surface area contributed by atoms with E-state index in [4.69, 9.17) is 11.6 Å². The van der Waals surface area contributed by atoms with Crippen LogP contribution in [0.4, 0.5) is 11.4 Å². The molecule has 0 heterocycles. The smallest absolute Gasteiger partial charge is 0.268 e. The van der Waals surface area contributed by atoms with Gasteiger partial charge in [-0.3, -0.25) is 14.9 Å². The van der Waals surface area contributed by atoms with Gasteiger partial charge >= 0.3 is 0 Å². The van der Waals surface area contributed by atoms with Crippen LogP contribution in [0, 0.1) is 10.1 Å². The van der Waals surface area contributed by atoms with Crippen molar-refractivity contribution in [1.82, 2.24) is 0 Å². The number of carbonyl (C=O) groups is 1. The Balaban J connectivity index is 2.18. The van der Waals surface area contributed by atoms with Crippen molar-refractivity contribution in [3.8, 4) is 0 Å². The molecule has 0 atom stereocenters. The van der Waals surface area contributed by atoms with Gasteiger partial charge in [-0.1, -0.05) is 48.9 Å². The van der Waals surface area contributed by atoms with Crippen molar-refractivity contribution < 1.29 is 18.1 Å². The number of carbonyl (C=O) groups excluding carboxylic acids is 1. The second kappa shape index (κ2) is 8.64. The molecule has 1 amide bonds. The van der Waals surface area contributed by atoms with Crippen molar-refractivity contribution in [2.24, 2.45) is 0 Å². The van der Waals surface area contributed by atoms with Gasteiger partial charge in [-0.25, -0.2) is 8.42 Å². The number of rotatable bonds is 6. The summed E-state index contributed by atoms with van der Waals surface area (Å²) < 4.78 is 27.3. The van der Waals surface area contributed by atoms with Crippen LogP contribution in [0.2, 0.25) is 5.02 Å². The number of anilines is 1. The lowest BCUT2D eigenvalue weighted by Gasteiger charge is -2.23. The Morgan fingerprint density at radius 2 is 1.67 bits per heavy atom. The van der Waals surface area contributed by atoms with Gasteiger partial charge in [-0.2, -0.15) is 4.31 Å². The molecule has 0 spiro atoms. The molecule has 0 aliphatic heterocycles. The molecular formula is C21H17ClN2O5S. The summed E-state index contributed by atoms with van der Waals surface area (Å²) in [5.41, 5.74) is 0.426. The first kappa shape index (κ1) is 21.5. The van der Waals surface area contributed by atoms with Crippen LogP contribution >= 0.6 is 11.6 Å². The number of benzene rings is 3. The van der Waals surface area contributed by atoms with Crippen LogP contribution in [0.5, 0.6) is 0 Å². The molecule has 0 aromatic heterocycles. The highest BCUT2D eigenvalue weighted by Gasteiger charge is 2.32. The molecule has 0 fully saturated rings. The molecule has 0 saturated heterocycles. The number of hydrogen-bond donors (Lipinski definition) is 0. The minimum absolute atomic E-state index is 0.0821. The average Bonchev–Trinajstić information content (AvgIpc) is 2.75. The zero-order valence-electron chi connectivity index (χ0n) is 15.9. The first-order valence-corrected chi connectivity index (χ1v) is 10.7. The summed E-state index contributed by atoms with van der Waals surface area (Å²) in [6.45, 7) is 1.95. The molecule has 3 rings (SSSR count). The fraction of sp³-hybridized carbons (Fsp3) is 0.0952. The van der Waals surface area contributed by atoms with Gasteiger partial charge in [0.2, 0.25) is 0 Å². The molecule has 0 bridgehead atoms. The zero-order chi connectivity index (χ0) is 21.9. The number of aryl methyl sites for hydroxylation is 1. The summed E-state index contributed by atoms with van der Waals surface area (Å²) in [6, 6.07) is 17.4. The van der Waals surface area contributed by atoms with Crippen LogP contribution in [0.25, 0.3) is 0 Å². The quantitative estimate of drug-likeness (QED) is 0.400. The zero-order valence-corrected chi connectivity index (χ0v) is 17.4. The van der Waals surface area contributed by atoms with Crippen molar-refractivity contribution in [1.29, 1.82) is 0 Å². The molecule has 0 saturated carbocycles. The normalized spacial score (nSPS) is 11.1. The van der Waals surface area contributed by atoms with Crippen LogP contribution < -0.4 is 4.31 Å². The number of nitro benzene ring substituents is 1. The number of sulfonamides is 1. The lowest BCUT2D eigenvalue weighted by molar-refractivity contribution is -0.384. The third-order valence-electron chi connectivity index (χ3n) is 4.43. The summed E-state index contributed by atoms with van der Waals surface area (Å²) in [7, 11) is -4.28. The Morgan fingerprint density at radius 3 is 2.23 bits per heavy atom. The summed E-state index contributed by atoms with van der Waals surface area (Å²) in [6.07, 6.45) is 0.739. The van der Waals surface area contributed by atoms with Gasteiger partial charge in [0, 0.05) is 11.6 Å². The predicted octanol–water partition coefficient (Wildman–Crippen LogP) is 4.85. The Morgan fingerprint density at radius 1 is 1.03 bits per heavy atom. The first-order valence-electron chi connectivity index (χ1n) is 8.93. The third-order valence-corrected chi connectivity index (χ3v) is 6.48. The maximum atomic E-state index is 13.3. The van der Waals surface area contributed by atoms with Crippen LogP contribution in [0.1, 0.15) is 22.8 Å². The Bertz CT molecular complexity index is 1200. The second-order valence-corrected chi connectivity index (χ2v) is 8.52. The monoisotopic (exact) mass is 444 g/mol. The molecule has 3 aromatic rings. The van der Waals surface area contributed by atoms with Crippen LogP contribution in [0.3, 0.4) is 0 Å². The van der Waals surface area contributed by atoms with E-state index in [9.17, 15) is 23.3 Å². The standard InChI is InChI=1S/C21H17ClN2O5S/c1-2-15-8-11-17(12-9-15)23(30(28,29)18-6-4-3-5-7-18)21(25)16-10-13-19(22)20(14-16)24(26)27/h3-14H,2H2,1H3. The summed E-state index contributed by atoms with van der Waals surface area (Å²) >= 11 is 5.83. The van der Waals surface area contributed by atoms with Crippen LogP contribution in [-0.2, 0) is 16.4 Å². The Labute approximate surface area is 178 Å². The van der Waals surface area contributed by atoms with Gasteiger partial charge in [0.1, 0.15) is 5.02 Å². The van der Waals surface area contributed by atoms with E-state index in [1.165, 1.54) is 36.4 Å². The molecule has 0 aliphatic rings. The van der Waals surface area contributed by atoms with E-state index < -0.39 is 26.5 Å². The van der Waals surface area contributed by atoms with Gasteiger partial charge in [0.25, 0.3) is 21.6 Å². The maximum Gasteiger partial charge on any atom is 0.288 e. The molecule has 0 N–H and O–H groups in total. The van der Waals surface area contributed by atoms with Crippen molar-refractivity contribution in [3.63, 3.8) is 0 Å². The van der Waals surface area contributed by atoms with E-state index >= 15 is 0 Å². The highest BCUT2D eigenvalue weighted by atomic mass is 35.5. The van der Waals surface area contributed by atoms with E-state index in [1.807, 2.05) is 6.92 Å². The molecule has 30 heavy (non-hydrogen) atoms. The molecular weight excluding hydrogens is 428 g/mol. The van der Waals surface area contributed by atoms with E-state index in [-0.39, 0.29) is 21.2 Å². The summed E-state index contributed by atoms with van der Waals surface area (Å²) in [4.78, 5) is 23.7. The number of nitro groups is 1. The summed E-state index contributed by atoms with van der Waals surface area (Å²) in [5, 5.41) is 11.1. The van der Waals surface area contributed by atoms with E-state index in [1.54, 1.807) is 30.3 Å². The topological polar surface area (TPSA) is 97.6 Å². The van der Waals surface area contributed by atoms with E-state index in [0.717, 1.165) is 18.1 Å². The molecule has 154 valence electrons. The van der Waals surface area contributed by atoms with E-state index in [0.29, 0.717) is 4.31 Å². The Kier molecular flexibility index (Phi) is 6.19. The minimum Gasteiger partial charge on any atom is -0.268 e. The van der Waals surface area contributed by atoms with Gasteiger partial charge in [-0.15, -0.1) is 0 Å². The number of amides is 1. The summed E-state index contributed by atoms with van der Waals surface area (Å²) in [5.74, 6) is -0.928. The number of halogens is 1. The van der Waals surface area contributed by atoms with Crippen LogP contribution in [0.15, 0.2) is 77.7 Å². The van der Waals surface area contributed by atoms with Gasteiger partial charge in [-0.05, 0) is 48.4 Å². The maximum absolute atomic E-state index is 13.3. The van der Waals surface area contributed by atoms with Gasteiger partial charge in [0.15, 0.2) is 0 Å². The second-order valence-electron chi connectivity index (χ2n) is 6.33. The highest BCUT2D eigenvalue weighted by molar-refractivity contribution is 7.93. The average molecular weight is 445 g/mol. The predicted molar refractivity (Wildman–Crippen MR) is 114 cm³/mol. The van der Waals surface area contributed by atoms with Crippen molar-refractivity contribution >= 4 is 38.9 Å². The first-order chi connectivity index (χ1) is 14.3. The fourth-order valence-electron chi connectivity index (χ4n) is 2.83. The lowest BCUT2D eigenvalue weighted by atomic mass is 10.1. The molecule has 9 heteroatoms. The van der Waals surface area contributed by atoms with Crippen molar-refractivity contribution in [3.05, 3.63) is 99.1 Å². The fourth-order valence-corrected chi connectivity index (χ4v) is 4.45. The largest absolute Gasteiger partial charge is 0.288 e. The van der Waals surface area contributed by atoms with Crippen molar-refractivity contribution in [2.75, 3.05) is 4.31 Å². The molecule has 3 aromatic carbocycles. The third kappa shape index (κ3) is 4.19. The Hall–Kier alpha value is -3.23. The molecule has 0 unspecified atom stereocenters. The lowest BCUT2D eigenvalue weighted by Crippen LogP contribution is -2.37. The molecule has 0 radical (unpaired) electrons. The number of hydrogen-bond acceptors (Lipinski definition) is 5. The van der Waals surface area contributed by atoms with E-state index in [2.05, 4.69) is 0 Å². The SMILES string of the molecule is CCc1ccc(N(C(=O)c2ccc(Cl)c([N+](=O)[O-])c2)S(=O)(=O)c2ccccc2)cc1. The molecule has 7 nitrogen and oxygen atoms in total. The van der Waals surface area contributed by atoms with Gasteiger partial charge < -0.3 is 0 Å². The van der Waals surface area contributed by atoms with Crippen molar-refractivity contribution in [2.45, 2.75) is 18.2 Å². The van der Waals surface area contributed by atoms with Gasteiger partial charge in [0.05, 0.1) is 15.5 Å².